The van der Waals surface area contributed by atoms with Gasteiger partial charge in [0, 0.05) is 16.5 Å². The van der Waals surface area contributed by atoms with Crippen LogP contribution in [-0.2, 0) is 0 Å². The van der Waals surface area contributed by atoms with Gasteiger partial charge in [-0.2, -0.15) is 5.10 Å². The maximum atomic E-state index is 13.2. The molecule has 3 N–H and O–H groups in total. The largest absolute Gasteiger partial charge is 0.508 e. The molecule has 1 amide bonds. The van der Waals surface area contributed by atoms with Gasteiger partial charge in [-0.15, -0.1) is 0 Å². The molecule has 0 atom stereocenters. The van der Waals surface area contributed by atoms with Crippen molar-refractivity contribution in [3.63, 3.8) is 0 Å². The summed E-state index contributed by atoms with van der Waals surface area (Å²) in [7, 11) is 0. The minimum Gasteiger partial charge on any atom is -0.508 e. The zero-order valence-corrected chi connectivity index (χ0v) is 18.9. The van der Waals surface area contributed by atoms with Gasteiger partial charge in [0.1, 0.15) is 17.2 Å². The second-order valence-electron chi connectivity index (χ2n) is 7.58. The molecule has 0 bridgehead atoms. The van der Waals surface area contributed by atoms with Crippen LogP contribution in [0.1, 0.15) is 36.2 Å². The Kier molecular flexibility index (Phi) is 6.73. The zero-order valence-electron chi connectivity index (χ0n) is 18.9. The number of nitrogens with one attached hydrogen (secondary N) is 1. The molecule has 0 fully saturated rings. The number of phenols is 2. The number of amides is 1. The molecule has 0 unspecified atom stereocenters. The van der Waals surface area contributed by atoms with Crippen LogP contribution in [0.15, 0.2) is 77.9 Å². The van der Waals surface area contributed by atoms with Crippen LogP contribution in [0.3, 0.4) is 0 Å². The molecule has 0 saturated carbocycles. The first-order valence-electron chi connectivity index (χ1n) is 11.0. The van der Waals surface area contributed by atoms with Crippen molar-refractivity contribution in [1.82, 2.24) is 10.4 Å². The van der Waals surface area contributed by atoms with E-state index < -0.39 is 5.91 Å². The highest BCUT2D eigenvalue weighted by molar-refractivity contribution is 6.08. The van der Waals surface area contributed by atoms with Gasteiger partial charge in [0.05, 0.1) is 29.1 Å². The zero-order chi connectivity index (χ0) is 24.1. The number of fused-ring (bicyclic) bond motifs is 1. The summed E-state index contributed by atoms with van der Waals surface area (Å²) in [4.78, 5) is 17.9. The van der Waals surface area contributed by atoms with Gasteiger partial charge in [0.25, 0.3) is 5.91 Å². The predicted octanol–water partition coefficient (Wildman–Crippen LogP) is 5.26. The van der Waals surface area contributed by atoms with Crippen LogP contribution in [0.4, 0.5) is 0 Å². The molecule has 0 saturated heterocycles. The number of rotatable bonds is 7. The van der Waals surface area contributed by atoms with Crippen molar-refractivity contribution in [2.75, 3.05) is 6.61 Å². The molecule has 7 nitrogen and oxygen atoms in total. The SMILES string of the molecule is CCOc1ccc(-c2cc(C(=O)NN=C(CC)c3cc(O)ccc3O)c3ccccc3n2)cc1. The minimum atomic E-state index is -0.406. The molecular weight excluding hydrogens is 430 g/mol. The Balaban J connectivity index is 1.70. The van der Waals surface area contributed by atoms with Gasteiger partial charge >= 0.3 is 0 Å². The molecule has 0 aliphatic rings. The lowest BCUT2D eigenvalue weighted by molar-refractivity contribution is 0.0956. The third-order valence-corrected chi connectivity index (χ3v) is 5.34. The first kappa shape index (κ1) is 22.8. The molecule has 3 aromatic carbocycles. The maximum Gasteiger partial charge on any atom is 0.272 e. The molecule has 34 heavy (non-hydrogen) atoms. The van der Waals surface area contributed by atoms with E-state index in [1.165, 1.54) is 18.2 Å². The number of phenolic OH excluding ortho intramolecular Hbond substituents is 2. The van der Waals surface area contributed by atoms with Gasteiger partial charge in [0.2, 0.25) is 0 Å². The van der Waals surface area contributed by atoms with Gasteiger partial charge in [-0.3, -0.25) is 4.79 Å². The van der Waals surface area contributed by atoms with E-state index in [1.54, 1.807) is 6.07 Å². The summed E-state index contributed by atoms with van der Waals surface area (Å²) < 4.78 is 5.51. The van der Waals surface area contributed by atoms with Crippen LogP contribution in [0.25, 0.3) is 22.2 Å². The first-order valence-corrected chi connectivity index (χ1v) is 11.0. The quantitative estimate of drug-likeness (QED) is 0.200. The van der Waals surface area contributed by atoms with Gasteiger partial charge in [-0.05, 0) is 67.9 Å². The van der Waals surface area contributed by atoms with E-state index in [0.29, 0.717) is 46.5 Å². The molecule has 7 heteroatoms. The number of ether oxygens (including phenoxy) is 1. The second-order valence-corrected chi connectivity index (χ2v) is 7.58. The molecule has 0 radical (unpaired) electrons. The summed E-state index contributed by atoms with van der Waals surface area (Å²) in [6.07, 6.45) is 0.436. The number of hydrogen-bond donors (Lipinski definition) is 3. The summed E-state index contributed by atoms with van der Waals surface area (Å²) in [6.45, 7) is 4.36. The number of aromatic nitrogens is 1. The number of hydrogen-bond acceptors (Lipinski definition) is 6. The van der Waals surface area contributed by atoms with Gasteiger partial charge in [-0.1, -0.05) is 25.1 Å². The lowest BCUT2D eigenvalue weighted by Gasteiger charge is -2.11. The first-order chi connectivity index (χ1) is 16.5. The van der Waals surface area contributed by atoms with Crippen LogP contribution in [0.5, 0.6) is 17.2 Å². The fourth-order valence-corrected chi connectivity index (χ4v) is 3.66. The molecule has 4 aromatic rings. The Hall–Kier alpha value is -4.39. The average molecular weight is 456 g/mol. The molecule has 4 rings (SSSR count). The van der Waals surface area contributed by atoms with E-state index in [4.69, 9.17) is 9.72 Å². The summed E-state index contributed by atoms with van der Waals surface area (Å²) >= 11 is 0. The van der Waals surface area contributed by atoms with E-state index in [2.05, 4.69) is 10.5 Å². The maximum absolute atomic E-state index is 13.2. The number of carbonyl (C=O) groups is 1. The Bertz CT molecular complexity index is 1360. The van der Waals surface area contributed by atoms with Crippen LogP contribution in [0, 0.1) is 0 Å². The highest BCUT2D eigenvalue weighted by Crippen LogP contribution is 2.27. The third kappa shape index (κ3) is 4.83. The Labute approximate surface area is 197 Å². The minimum absolute atomic E-state index is 0.000372. The molecule has 1 aromatic heterocycles. The number of carbonyl (C=O) groups excluding carboxylic acids is 1. The van der Waals surface area contributed by atoms with Gasteiger partial charge < -0.3 is 14.9 Å². The van der Waals surface area contributed by atoms with Crippen molar-refractivity contribution in [2.45, 2.75) is 20.3 Å². The van der Waals surface area contributed by atoms with Crippen molar-refractivity contribution in [3.8, 4) is 28.5 Å². The Morgan fingerprint density at radius 2 is 1.74 bits per heavy atom. The number of para-hydroxylation sites is 1. The predicted molar refractivity (Wildman–Crippen MR) is 132 cm³/mol. The summed E-state index contributed by atoms with van der Waals surface area (Å²) in [5.74, 6) is 0.332. The van der Waals surface area contributed by atoms with Crippen molar-refractivity contribution in [1.29, 1.82) is 0 Å². The molecule has 0 aliphatic heterocycles. The van der Waals surface area contributed by atoms with Crippen molar-refractivity contribution >= 4 is 22.5 Å². The summed E-state index contributed by atoms with van der Waals surface area (Å²) in [5.41, 5.74) is 6.01. The van der Waals surface area contributed by atoms with E-state index in [1.807, 2.05) is 62.4 Å². The highest BCUT2D eigenvalue weighted by Gasteiger charge is 2.15. The van der Waals surface area contributed by atoms with Crippen LogP contribution in [0.2, 0.25) is 0 Å². The molecular formula is C27H25N3O4. The van der Waals surface area contributed by atoms with Gasteiger partial charge in [-0.25, -0.2) is 10.4 Å². The number of nitrogens with zero attached hydrogens (tertiary/aromatic N) is 2. The van der Waals surface area contributed by atoms with E-state index >= 15 is 0 Å². The Morgan fingerprint density at radius 1 is 0.971 bits per heavy atom. The van der Waals surface area contributed by atoms with Crippen LogP contribution < -0.4 is 10.2 Å². The highest BCUT2D eigenvalue weighted by atomic mass is 16.5. The third-order valence-electron chi connectivity index (χ3n) is 5.34. The van der Waals surface area contributed by atoms with Crippen LogP contribution in [-0.4, -0.2) is 33.4 Å². The van der Waals surface area contributed by atoms with E-state index in [-0.39, 0.29) is 11.5 Å². The van der Waals surface area contributed by atoms with Gasteiger partial charge in [0.15, 0.2) is 0 Å². The van der Waals surface area contributed by atoms with Crippen molar-refractivity contribution in [2.24, 2.45) is 5.10 Å². The monoisotopic (exact) mass is 455 g/mol. The smallest absolute Gasteiger partial charge is 0.272 e. The second kappa shape index (κ2) is 10.0. The average Bonchev–Trinajstić information content (AvgIpc) is 2.86. The number of hydrazone groups is 1. The standard InChI is InChI=1S/C27H25N3O4/c1-3-23(22-15-18(31)11-14-26(22)32)29-30-27(33)21-16-25(28-24-8-6-5-7-20(21)24)17-9-12-19(13-10-17)34-4-2/h5-16,31-32H,3-4H2,1-2H3,(H,30,33). The topological polar surface area (TPSA) is 104 Å². The van der Waals surface area contributed by atoms with E-state index in [9.17, 15) is 15.0 Å². The Morgan fingerprint density at radius 3 is 2.47 bits per heavy atom. The molecule has 0 aliphatic carbocycles. The van der Waals surface area contributed by atoms with Crippen molar-refractivity contribution in [3.05, 3.63) is 83.9 Å². The fraction of sp³-hybridized carbons (Fsp3) is 0.148. The lowest BCUT2D eigenvalue weighted by Crippen LogP contribution is -2.20. The van der Waals surface area contributed by atoms with E-state index in [0.717, 1.165) is 11.3 Å². The number of pyridine rings is 1. The summed E-state index contributed by atoms with van der Waals surface area (Å²) in [6, 6.07) is 20.9. The summed E-state index contributed by atoms with van der Waals surface area (Å²) in [5, 5.41) is 24.9. The fourth-order valence-electron chi connectivity index (χ4n) is 3.66. The number of aromatic hydroxyl groups is 2. The van der Waals surface area contributed by atoms with Crippen molar-refractivity contribution < 1.29 is 19.7 Å². The molecule has 172 valence electrons. The number of benzene rings is 3. The lowest BCUT2D eigenvalue weighted by atomic mass is 10.0. The molecule has 1 heterocycles. The van der Waals surface area contributed by atoms with Crippen LogP contribution >= 0.6 is 0 Å². The normalized spacial score (nSPS) is 11.4. The molecule has 0 spiro atoms.